The normalized spacial score (nSPS) is 24.6. The lowest BCUT2D eigenvalue weighted by atomic mass is 9.86. The fraction of sp³-hybridized carbons (Fsp3) is 0.857. The molecule has 2 fully saturated rings. The minimum atomic E-state index is -0.769. The van der Waals surface area contributed by atoms with Gasteiger partial charge in [0.2, 0.25) is 0 Å². The molecule has 1 spiro atoms. The standard InChI is InChI=1S/C14H23NO5/c1-13(2,3)20-12(18)15-8-14(9-15)6-10(7-19-14)4-5-11(16)17/h10H,4-9H2,1-3H3,(H,16,17). The van der Waals surface area contributed by atoms with Crippen molar-refractivity contribution >= 4 is 12.1 Å². The number of carbonyl (C=O) groups is 2. The molecule has 1 amide bonds. The highest BCUT2D eigenvalue weighted by molar-refractivity contribution is 5.69. The Morgan fingerprint density at radius 1 is 1.40 bits per heavy atom. The van der Waals surface area contributed by atoms with Crippen LogP contribution in [-0.4, -0.2) is 53.0 Å². The number of aliphatic carboxylic acids is 1. The van der Waals surface area contributed by atoms with Gasteiger partial charge in [-0.05, 0) is 39.5 Å². The first-order valence-corrected chi connectivity index (χ1v) is 7.03. The first-order chi connectivity index (χ1) is 9.19. The molecule has 0 aliphatic carbocycles. The summed E-state index contributed by atoms with van der Waals surface area (Å²) in [5, 5.41) is 8.69. The molecule has 0 saturated carbocycles. The molecule has 2 saturated heterocycles. The minimum absolute atomic E-state index is 0.180. The van der Waals surface area contributed by atoms with Crippen LogP contribution in [0.25, 0.3) is 0 Å². The zero-order valence-electron chi connectivity index (χ0n) is 12.3. The number of carboxylic acid groups (broad SMARTS) is 1. The molecule has 1 N–H and O–H groups in total. The highest BCUT2D eigenvalue weighted by Crippen LogP contribution is 2.39. The zero-order valence-corrected chi connectivity index (χ0v) is 12.3. The van der Waals surface area contributed by atoms with Gasteiger partial charge in [-0.15, -0.1) is 0 Å². The minimum Gasteiger partial charge on any atom is -0.481 e. The highest BCUT2D eigenvalue weighted by Gasteiger charge is 2.51. The molecule has 20 heavy (non-hydrogen) atoms. The van der Waals surface area contributed by atoms with E-state index in [-0.39, 0.29) is 24.0 Å². The molecule has 1 atom stereocenters. The van der Waals surface area contributed by atoms with Crippen molar-refractivity contribution in [1.29, 1.82) is 0 Å². The van der Waals surface area contributed by atoms with Crippen LogP contribution in [0.4, 0.5) is 4.79 Å². The SMILES string of the molecule is CC(C)(C)OC(=O)N1CC2(CC(CCC(=O)O)CO2)C1. The molecule has 114 valence electrons. The van der Waals surface area contributed by atoms with Crippen LogP contribution >= 0.6 is 0 Å². The van der Waals surface area contributed by atoms with Crippen LogP contribution in [0.5, 0.6) is 0 Å². The maximum absolute atomic E-state index is 11.8. The van der Waals surface area contributed by atoms with Gasteiger partial charge in [-0.3, -0.25) is 4.79 Å². The Bertz CT molecular complexity index is 395. The summed E-state index contributed by atoms with van der Waals surface area (Å²) in [5.74, 6) is -0.484. The fourth-order valence-electron chi connectivity index (χ4n) is 2.78. The number of carbonyl (C=O) groups excluding carboxylic acids is 1. The maximum Gasteiger partial charge on any atom is 0.410 e. The van der Waals surface area contributed by atoms with E-state index in [1.807, 2.05) is 20.8 Å². The molecular weight excluding hydrogens is 262 g/mol. The smallest absolute Gasteiger partial charge is 0.410 e. The Kier molecular flexibility index (Phi) is 3.95. The quantitative estimate of drug-likeness (QED) is 0.856. The van der Waals surface area contributed by atoms with Gasteiger partial charge in [-0.2, -0.15) is 0 Å². The topological polar surface area (TPSA) is 76.1 Å². The van der Waals surface area contributed by atoms with Gasteiger partial charge >= 0.3 is 12.1 Å². The molecule has 0 aromatic carbocycles. The number of amides is 1. The van der Waals surface area contributed by atoms with Crippen LogP contribution in [0, 0.1) is 5.92 Å². The van der Waals surface area contributed by atoms with Crippen LogP contribution in [0.15, 0.2) is 0 Å². The van der Waals surface area contributed by atoms with E-state index in [1.54, 1.807) is 4.90 Å². The van der Waals surface area contributed by atoms with Crippen LogP contribution < -0.4 is 0 Å². The number of nitrogens with zero attached hydrogens (tertiary/aromatic N) is 1. The van der Waals surface area contributed by atoms with Crippen LogP contribution in [-0.2, 0) is 14.3 Å². The highest BCUT2D eigenvalue weighted by atomic mass is 16.6. The Morgan fingerprint density at radius 3 is 2.60 bits per heavy atom. The zero-order chi connectivity index (χ0) is 15.0. The van der Waals surface area contributed by atoms with Crippen molar-refractivity contribution in [1.82, 2.24) is 4.90 Å². The Labute approximate surface area is 119 Å². The number of hydrogen-bond donors (Lipinski definition) is 1. The molecular formula is C14H23NO5. The van der Waals surface area contributed by atoms with Gasteiger partial charge in [0.05, 0.1) is 19.7 Å². The molecule has 6 heteroatoms. The predicted molar refractivity (Wildman–Crippen MR) is 71.5 cm³/mol. The lowest BCUT2D eigenvalue weighted by molar-refractivity contribution is -0.137. The molecule has 2 aliphatic heterocycles. The number of ether oxygens (including phenoxy) is 2. The van der Waals surface area contributed by atoms with Crippen molar-refractivity contribution in [3.8, 4) is 0 Å². The molecule has 2 heterocycles. The molecule has 6 nitrogen and oxygen atoms in total. The predicted octanol–water partition coefficient (Wildman–Crippen LogP) is 1.88. The van der Waals surface area contributed by atoms with Crippen LogP contribution in [0.2, 0.25) is 0 Å². The summed E-state index contributed by atoms with van der Waals surface area (Å²) >= 11 is 0. The third-order valence-corrected chi connectivity index (χ3v) is 3.66. The molecule has 0 aromatic rings. The number of carboxylic acids is 1. The van der Waals surface area contributed by atoms with E-state index < -0.39 is 11.6 Å². The molecule has 0 aromatic heterocycles. The van der Waals surface area contributed by atoms with E-state index in [2.05, 4.69) is 0 Å². The molecule has 2 rings (SSSR count). The first-order valence-electron chi connectivity index (χ1n) is 7.03. The summed E-state index contributed by atoms with van der Waals surface area (Å²) < 4.78 is 11.1. The van der Waals surface area contributed by atoms with E-state index in [0.717, 1.165) is 6.42 Å². The number of hydrogen-bond acceptors (Lipinski definition) is 4. The van der Waals surface area contributed by atoms with Gasteiger partial charge in [0.15, 0.2) is 0 Å². The summed E-state index contributed by atoms with van der Waals surface area (Å²) in [4.78, 5) is 24.1. The van der Waals surface area contributed by atoms with E-state index in [0.29, 0.717) is 26.1 Å². The largest absolute Gasteiger partial charge is 0.481 e. The maximum atomic E-state index is 11.8. The third kappa shape index (κ3) is 3.62. The second kappa shape index (κ2) is 5.24. The van der Waals surface area contributed by atoms with Gasteiger partial charge < -0.3 is 19.5 Å². The van der Waals surface area contributed by atoms with Gasteiger partial charge in [-0.1, -0.05) is 0 Å². The van der Waals surface area contributed by atoms with Gasteiger partial charge in [-0.25, -0.2) is 4.79 Å². The lowest BCUT2D eigenvalue weighted by Gasteiger charge is -2.47. The molecule has 0 radical (unpaired) electrons. The van der Waals surface area contributed by atoms with Gasteiger partial charge in [0.25, 0.3) is 0 Å². The van der Waals surface area contributed by atoms with Crippen molar-refractivity contribution in [3.05, 3.63) is 0 Å². The van der Waals surface area contributed by atoms with E-state index in [9.17, 15) is 9.59 Å². The molecule has 0 bridgehead atoms. The lowest BCUT2D eigenvalue weighted by Crippen LogP contribution is -2.63. The Hall–Kier alpha value is -1.30. The van der Waals surface area contributed by atoms with E-state index in [4.69, 9.17) is 14.6 Å². The molecule has 2 aliphatic rings. The van der Waals surface area contributed by atoms with E-state index >= 15 is 0 Å². The van der Waals surface area contributed by atoms with Gasteiger partial charge in [0.1, 0.15) is 11.2 Å². The average Bonchev–Trinajstić information content (AvgIpc) is 2.66. The van der Waals surface area contributed by atoms with Crippen molar-refractivity contribution in [2.75, 3.05) is 19.7 Å². The number of likely N-dealkylation sites (tertiary alicyclic amines) is 1. The van der Waals surface area contributed by atoms with Crippen molar-refractivity contribution in [2.24, 2.45) is 5.92 Å². The average molecular weight is 285 g/mol. The van der Waals surface area contributed by atoms with Crippen molar-refractivity contribution in [3.63, 3.8) is 0 Å². The molecule has 1 unspecified atom stereocenters. The summed E-state index contributed by atoms with van der Waals surface area (Å²) in [6, 6.07) is 0. The van der Waals surface area contributed by atoms with Crippen LogP contribution in [0.3, 0.4) is 0 Å². The van der Waals surface area contributed by atoms with Crippen molar-refractivity contribution in [2.45, 2.75) is 51.2 Å². The van der Waals surface area contributed by atoms with Gasteiger partial charge in [0, 0.05) is 6.42 Å². The van der Waals surface area contributed by atoms with E-state index in [1.165, 1.54) is 0 Å². The van der Waals surface area contributed by atoms with Crippen LogP contribution in [0.1, 0.15) is 40.0 Å². The second-order valence-electron chi connectivity index (χ2n) is 6.83. The Balaban J connectivity index is 1.76. The fourth-order valence-corrected chi connectivity index (χ4v) is 2.78. The Morgan fingerprint density at radius 2 is 2.05 bits per heavy atom. The second-order valence-corrected chi connectivity index (χ2v) is 6.83. The summed E-state index contributed by atoms with van der Waals surface area (Å²) in [7, 11) is 0. The number of rotatable bonds is 3. The summed E-state index contributed by atoms with van der Waals surface area (Å²) in [6.07, 6.45) is 1.35. The monoisotopic (exact) mass is 285 g/mol. The first kappa shape index (κ1) is 15.1. The summed E-state index contributed by atoms with van der Waals surface area (Å²) in [6.45, 7) is 7.21. The van der Waals surface area contributed by atoms with Crippen molar-refractivity contribution < 1.29 is 24.2 Å². The third-order valence-electron chi connectivity index (χ3n) is 3.66. The summed E-state index contributed by atoms with van der Waals surface area (Å²) in [5.41, 5.74) is -0.750.